The number of aliphatic imine (C=N–C) groups is 1. The standard InChI is InChI=1S/C24H26N6O4S/c1-2-34-19(32)13-17(15-9-5-3-6-10-15)28-18(31)14-27-22(33)21-20(16-11-7-4-8-12-16)29-24(35-21)30-23(25)26/h3-12,17H,2,13-14H2,1H3,(H,27,33)(H,28,31)(H4,25,26,29,30). The van der Waals surface area contributed by atoms with Gasteiger partial charge in [0.2, 0.25) is 11.0 Å². The summed E-state index contributed by atoms with van der Waals surface area (Å²) in [5, 5.41) is 5.61. The Hall–Kier alpha value is -4.25. The van der Waals surface area contributed by atoms with Gasteiger partial charge in [0.05, 0.1) is 31.3 Å². The molecule has 0 radical (unpaired) electrons. The molecule has 0 saturated carbocycles. The van der Waals surface area contributed by atoms with Crippen LogP contribution in [0.2, 0.25) is 0 Å². The van der Waals surface area contributed by atoms with Gasteiger partial charge >= 0.3 is 5.97 Å². The third kappa shape index (κ3) is 7.37. The highest BCUT2D eigenvalue weighted by Crippen LogP contribution is 2.32. The van der Waals surface area contributed by atoms with Gasteiger partial charge in [-0.3, -0.25) is 14.4 Å². The van der Waals surface area contributed by atoms with Crippen molar-refractivity contribution in [1.82, 2.24) is 15.6 Å². The van der Waals surface area contributed by atoms with Gasteiger partial charge in [-0.1, -0.05) is 72.0 Å². The summed E-state index contributed by atoms with van der Waals surface area (Å²) in [6.45, 7) is 1.64. The van der Waals surface area contributed by atoms with Gasteiger partial charge in [-0.15, -0.1) is 0 Å². The molecule has 1 aromatic heterocycles. The Kier molecular flexibility index (Phi) is 8.90. The van der Waals surface area contributed by atoms with E-state index in [0.29, 0.717) is 11.3 Å². The number of nitrogens with two attached hydrogens (primary N) is 2. The lowest BCUT2D eigenvalue weighted by Crippen LogP contribution is -2.39. The summed E-state index contributed by atoms with van der Waals surface area (Å²) in [7, 11) is 0. The molecule has 0 aliphatic heterocycles. The van der Waals surface area contributed by atoms with Crippen LogP contribution in [0.5, 0.6) is 0 Å². The lowest BCUT2D eigenvalue weighted by atomic mass is 10.0. The third-order valence-corrected chi connectivity index (χ3v) is 5.66. The van der Waals surface area contributed by atoms with Crippen molar-refractivity contribution in [2.24, 2.45) is 16.5 Å². The fraction of sp³-hybridized carbons (Fsp3) is 0.208. The average Bonchev–Trinajstić information content (AvgIpc) is 3.26. The molecule has 0 saturated heterocycles. The van der Waals surface area contributed by atoms with Crippen molar-refractivity contribution in [3.63, 3.8) is 0 Å². The van der Waals surface area contributed by atoms with Gasteiger partial charge in [0.25, 0.3) is 5.91 Å². The first-order valence-corrected chi connectivity index (χ1v) is 11.6. The molecule has 1 heterocycles. The molecule has 6 N–H and O–H groups in total. The highest BCUT2D eigenvalue weighted by molar-refractivity contribution is 7.17. The molecular weight excluding hydrogens is 468 g/mol. The highest BCUT2D eigenvalue weighted by atomic mass is 32.1. The Labute approximate surface area is 206 Å². The van der Waals surface area contributed by atoms with Crippen LogP contribution < -0.4 is 22.1 Å². The Morgan fingerprint density at radius 2 is 1.71 bits per heavy atom. The summed E-state index contributed by atoms with van der Waals surface area (Å²) < 4.78 is 5.02. The number of esters is 1. The number of ether oxygens (including phenoxy) is 1. The second kappa shape index (κ2) is 12.3. The van der Waals surface area contributed by atoms with Crippen LogP contribution >= 0.6 is 11.3 Å². The molecule has 2 amide bonds. The van der Waals surface area contributed by atoms with Gasteiger partial charge < -0.3 is 26.8 Å². The molecule has 182 valence electrons. The number of benzene rings is 2. The number of nitrogens with zero attached hydrogens (tertiary/aromatic N) is 2. The minimum absolute atomic E-state index is 0.0353. The van der Waals surface area contributed by atoms with Crippen molar-refractivity contribution in [3.05, 3.63) is 71.1 Å². The van der Waals surface area contributed by atoms with E-state index in [4.69, 9.17) is 16.2 Å². The van der Waals surface area contributed by atoms with E-state index in [9.17, 15) is 14.4 Å². The molecule has 2 aromatic carbocycles. The van der Waals surface area contributed by atoms with Crippen molar-refractivity contribution in [3.8, 4) is 11.3 Å². The predicted octanol–water partition coefficient (Wildman–Crippen LogP) is 2.26. The van der Waals surface area contributed by atoms with E-state index in [0.717, 1.165) is 16.9 Å². The molecule has 0 aliphatic carbocycles. The van der Waals surface area contributed by atoms with E-state index in [1.165, 1.54) is 0 Å². The van der Waals surface area contributed by atoms with E-state index in [1.807, 2.05) is 36.4 Å². The molecule has 3 rings (SSSR count). The largest absolute Gasteiger partial charge is 0.466 e. The zero-order valence-corrected chi connectivity index (χ0v) is 19.9. The summed E-state index contributed by atoms with van der Waals surface area (Å²) in [6, 6.07) is 17.5. The van der Waals surface area contributed by atoms with E-state index in [1.54, 1.807) is 31.2 Å². The summed E-state index contributed by atoms with van der Waals surface area (Å²) >= 11 is 1.00. The molecule has 3 aromatic rings. The van der Waals surface area contributed by atoms with Gasteiger partial charge in [0.1, 0.15) is 4.88 Å². The summed E-state index contributed by atoms with van der Waals surface area (Å²) in [4.78, 5) is 46.2. The Morgan fingerprint density at radius 1 is 1.06 bits per heavy atom. The minimum atomic E-state index is -0.601. The van der Waals surface area contributed by atoms with Crippen molar-refractivity contribution in [1.29, 1.82) is 0 Å². The monoisotopic (exact) mass is 494 g/mol. The zero-order chi connectivity index (χ0) is 25.2. The first kappa shape index (κ1) is 25.4. The van der Waals surface area contributed by atoms with Gasteiger partial charge in [0, 0.05) is 5.56 Å². The predicted molar refractivity (Wildman–Crippen MR) is 134 cm³/mol. The Balaban J connectivity index is 1.72. The maximum atomic E-state index is 13.0. The molecule has 10 nitrogen and oxygen atoms in total. The number of thiazole rings is 1. The van der Waals surface area contributed by atoms with Crippen LogP contribution in [-0.2, 0) is 14.3 Å². The number of nitrogens with one attached hydrogen (secondary N) is 2. The van der Waals surface area contributed by atoms with Crippen molar-refractivity contribution < 1.29 is 19.1 Å². The van der Waals surface area contributed by atoms with Crippen molar-refractivity contribution in [2.75, 3.05) is 13.2 Å². The van der Waals surface area contributed by atoms with Crippen LogP contribution in [0.25, 0.3) is 11.3 Å². The number of guanidine groups is 1. The lowest BCUT2D eigenvalue weighted by molar-refractivity contribution is -0.143. The molecule has 0 spiro atoms. The van der Waals surface area contributed by atoms with E-state index >= 15 is 0 Å². The van der Waals surface area contributed by atoms with Crippen LogP contribution in [0, 0.1) is 0 Å². The van der Waals surface area contributed by atoms with Gasteiger partial charge in [-0.05, 0) is 12.5 Å². The molecule has 1 atom stereocenters. The number of hydrogen-bond donors (Lipinski definition) is 4. The number of aromatic nitrogens is 1. The molecule has 1 unspecified atom stereocenters. The summed E-state index contributed by atoms with van der Waals surface area (Å²) in [5.74, 6) is -1.59. The summed E-state index contributed by atoms with van der Waals surface area (Å²) in [6.07, 6.45) is -0.0353. The van der Waals surface area contributed by atoms with E-state index in [-0.39, 0.29) is 35.5 Å². The number of rotatable bonds is 10. The van der Waals surface area contributed by atoms with E-state index in [2.05, 4.69) is 20.6 Å². The normalized spacial score (nSPS) is 11.2. The molecule has 35 heavy (non-hydrogen) atoms. The number of carbonyl (C=O) groups is 3. The van der Waals surface area contributed by atoms with Crippen LogP contribution in [0.15, 0.2) is 65.7 Å². The first-order valence-electron chi connectivity index (χ1n) is 10.8. The fourth-order valence-electron chi connectivity index (χ4n) is 3.22. The van der Waals surface area contributed by atoms with Gasteiger partial charge in [0.15, 0.2) is 5.96 Å². The quantitative estimate of drug-likeness (QED) is 0.191. The van der Waals surface area contributed by atoms with Gasteiger partial charge in [-0.25, -0.2) is 4.98 Å². The minimum Gasteiger partial charge on any atom is -0.466 e. The first-order chi connectivity index (χ1) is 16.9. The second-order valence-corrected chi connectivity index (χ2v) is 8.28. The molecule has 0 bridgehead atoms. The second-order valence-electron chi connectivity index (χ2n) is 7.30. The SMILES string of the molecule is CCOC(=O)CC(NC(=O)CNC(=O)c1sc(N=C(N)N)nc1-c1ccccc1)c1ccccc1. The number of carbonyl (C=O) groups excluding carboxylic acids is 3. The summed E-state index contributed by atoms with van der Waals surface area (Å²) in [5.41, 5.74) is 12.8. The van der Waals surface area contributed by atoms with Crippen LogP contribution in [0.3, 0.4) is 0 Å². The topological polar surface area (TPSA) is 162 Å². The molecule has 11 heteroatoms. The van der Waals surface area contributed by atoms with Gasteiger partial charge in [-0.2, -0.15) is 4.99 Å². The molecule has 0 aliphatic rings. The average molecular weight is 495 g/mol. The third-order valence-electron chi connectivity index (χ3n) is 4.72. The zero-order valence-electron chi connectivity index (χ0n) is 19.1. The number of amides is 2. The van der Waals surface area contributed by atoms with Crippen LogP contribution in [0.4, 0.5) is 5.13 Å². The Bertz CT molecular complexity index is 1190. The van der Waals surface area contributed by atoms with Crippen LogP contribution in [0.1, 0.15) is 34.6 Å². The Morgan fingerprint density at radius 3 is 2.34 bits per heavy atom. The highest BCUT2D eigenvalue weighted by Gasteiger charge is 2.22. The molecule has 0 fully saturated rings. The number of hydrogen-bond acceptors (Lipinski definition) is 7. The molecular formula is C24H26N6O4S. The van der Waals surface area contributed by atoms with Crippen LogP contribution in [-0.4, -0.2) is 41.9 Å². The fourth-order valence-corrected chi connectivity index (χ4v) is 4.12. The smallest absolute Gasteiger partial charge is 0.308 e. The lowest BCUT2D eigenvalue weighted by Gasteiger charge is -2.18. The van der Waals surface area contributed by atoms with E-state index < -0.39 is 23.8 Å². The van der Waals surface area contributed by atoms with Crippen molar-refractivity contribution in [2.45, 2.75) is 19.4 Å². The van der Waals surface area contributed by atoms with Crippen molar-refractivity contribution >= 4 is 40.2 Å². The maximum Gasteiger partial charge on any atom is 0.308 e. The maximum absolute atomic E-state index is 13.0.